The van der Waals surface area contributed by atoms with Crippen LogP contribution >= 0.6 is 8.69 Å². The molecule has 0 atom stereocenters. The summed E-state index contributed by atoms with van der Waals surface area (Å²) in [5.74, 6) is -0.777. The van der Waals surface area contributed by atoms with Gasteiger partial charge in [-0.15, -0.1) is 0 Å². The Morgan fingerprint density at radius 1 is 1.23 bits per heavy atom. The Labute approximate surface area is 103 Å². The van der Waals surface area contributed by atoms with E-state index in [4.69, 9.17) is 9.47 Å². The van der Waals surface area contributed by atoms with Gasteiger partial charge in [-0.2, -0.15) is 0 Å². The summed E-state index contributed by atoms with van der Waals surface area (Å²) in [6, 6.07) is 0. The second-order valence-electron chi connectivity index (χ2n) is 2.35. The molecule has 6 heteroatoms. The molecular formula is C7H16NaO4P. The Kier molecular flexibility index (Phi) is 12.0. The molecular weight excluding hydrogens is 202 g/mol. The van der Waals surface area contributed by atoms with E-state index in [9.17, 15) is 4.57 Å². The molecule has 0 aliphatic carbocycles. The molecule has 13 heavy (non-hydrogen) atoms. The first-order chi connectivity index (χ1) is 5.68. The van der Waals surface area contributed by atoms with Gasteiger partial charge in [-0.1, -0.05) is 0 Å². The molecule has 0 saturated heterocycles. The standard InChI is InChI=1S/C7H15O4P.Na.H/c1-4-9-7(3,10-5-2)6-11-12-8;;/h4-6H2,1-3H3;;. The van der Waals surface area contributed by atoms with Gasteiger partial charge in [-0.25, -0.2) is 4.57 Å². The summed E-state index contributed by atoms with van der Waals surface area (Å²) in [7, 11) is -0.350. The van der Waals surface area contributed by atoms with Crippen molar-refractivity contribution in [3.63, 3.8) is 0 Å². The molecule has 0 aliphatic rings. The van der Waals surface area contributed by atoms with Crippen molar-refractivity contribution >= 4 is 38.2 Å². The van der Waals surface area contributed by atoms with Gasteiger partial charge < -0.3 is 9.47 Å². The molecule has 4 nitrogen and oxygen atoms in total. The molecule has 0 aromatic carbocycles. The molecule has 0 fully saturated rings. The van der Waals surface area contributed by atoms with Crippen LogP contribution in [0.4, 0.5) is 0 Å². The van der Waals surface area contributed by atoms with Crippen molar-refractivity contribution < 1.29 is 18.6 Å². The van der Waals surface area contributed by atoms with Crippen LogP contribution in [0, 0.1) is 0 Å². The van der Waals surface area contributed by atoms with Crippen molar-refractivity contribution in [1.82, 2.24) is 0 Å². The van der Waals surface area contributed by atoms with Crippen molar-refractivity contribution in [2.45, 2.75) is 26.6 Å². The van der Waals surface area contributed by atoms with Gasteiger partial charge in [-0.3, -0.25) is 4.52 Å². The normalized spacial score (nSPS) is 11.3. The zero-order valence-corrected chi connectivity index (χ0v) is 8.60. The second-order valence-corrected chi connectivity index (χ2v) is 2.76. The van der Waals surface area contributed by atoms with Crippen LogP contribution in [0.3, 0.4) is 0 Å². The number of hydrogen-bond acceptors (Lipinski definition) is 4. The van der Waals surface area contributed by atoms with Crippen LogP contribution in [-0.4, -0.2) is 55.2 Å². The summed E-state index contributed by atoms with van der Waals surface area (Å²) >= 11 is 0. The molecule has 0 radical (unpaired) electrons. The predicted molar refractivity (Wildman–Crippen MR) is 52.4 cm³/mol. The van der Waals surface area contributed by atoms with Crippen LogP contribution in [0.25, 0.3) is 0 Å². The van der Waals surface area contributed by atoms with Crippen LogP contribution in [0.1, 0.15) is 20.8 Å². The molecule has 0 N–H and O–H groups in total. The van der Waals surface area contributed by atoms with Crippen molar-refractivity contribution in [1.29, 1.82) is 0 Å². The number of hydrogen-bond donors (Lipinski definition) is 0. The van der Waals surface area contributed by atoms with Crippen molar-refractivity contribution in [3.8, 4) is 0 Å². The van der Waals surface area contributed by atoms with Crippen LogP contribution in [0.5, 0.6) is 0 Å². The molecule has 0 aromatic rings. The molecule has 0 aromatic heterocycles. The quantitative estimate of drug-likeness (QED) is 0.367. The summed E-state index contributed by atoms with van der Waals surface area (Å²) in [4.78, 5) is 0. The third kappa shape index (κ3) is 8.01. The molecule has 0 heterocycles. The Morgan fingerprint density at radius 2 is 1.69 bits per heavy atom. The molecule has 0 amide bonds. The Morgan fingerprint density at radius 3 is 2.00 bits per heavy atom. The fourth-order valence-corrected chi connectivity index (χ4v) is 1.17. The van der Waals surface area contributed by atoms with E-state index in [1.165, 1.54) is 0 Å². The van der Waals surface area contributed by atoms with Crippen molar-refractivity contribution in [2.75, 3.05) is 19.8 Å². The zero-order chi connectivity index (χ0) is 9.45. The van der Waals surface area contributed by atoms with E-state index in [0.717, 1.165) is 0 Å². The maximum atomic E-state index is 10.0. The maximum absolute atomic E-state index is 10.0. The van der Waals surface area contributed by atoms with Crippen LogP contribution in [0.2, 0.25) is 0 Å². The van der Waals surface area contributed by atoms with Gasteiger partial charge in [0.25, 0.3) is 0 Å². The molecule has 74 valence electrons. The van der Waals surface area contributed by atoms with Gasteiger partial charge >= 0.3 is 38.2 Å². The van der Waals surface area contributed by atoms with Gasteiger partial charge in [0.15, 0.2) is 5.79 Å². The topological polar surface area (TPSA) is 44.8 Å². The fourth-order valence-electron chi connectivity index (χ4n) is 0.879. The first-order valence-corrected chi connectivity index (χ1v) is 4.64. The molecule has 0 unspecified atom stereocenters. The molecule has 0 rings (SSSR count). The van der Waals surface area contributed by atoms with Crippen LogP contribution < -0.4 is 0 Å². The average Bonchev–Trinajstić information content (AvgIpc) is 2.02. The second kappa shape index (κ2) is 9.53. The van der Waals surface area contributed by atoms with E-state index in [0.29, 0.717) is 13.2 Å². The van der Waals surface area contributed by atoms with E-state index in [-0.39, 0.29) is 44.9 Å². The van der Waals surface area contributed by atoms with Gasteiger partial charge in [-0.05, 0) is 20.8 Å². The van der Waals surface area contributed by atoms with E-state index in [1.54, 1.807) is 6.92 Å². The fraction of sp³-hybridized carbons (Fsp3) is 1.00. The van der Waals surface area contributed by atoms with E-state index in [2.05, 4.69) is 4.52 Å². The average molecular weight is 218 g/mol. The Bertz CT molecular complexity index is 128. The summed E-state index contributed by atoms with van der Waals surface area (Å²) in [5.41, 5.74) is 0. The van der Waals surface area contributed by atoms with Gasteiger partial charge in [0.2, 0.25) is 0 Å². The monoisotopic (exact) mass is 218 g/mol. The van der Waals surface area contributed by atoms with E-state index >= 15 is 0 Å². The van der Waals surface area contributed by atoms with Crippen LogP contribution in [0.15, 0.2) is 0 Å². The molecule has 0 aliphatic heterocycles. The minimum atomic E-state index is -0.777. The number of rotatable bonds is 7. The van der Waals surface area contributed by atoms with Crippen molar-refractivity contribution in [2.24, 2.45) is 0 Å². The molecule has 0 saturated carbocycles. The summed E-state index contributed by atoms with van der Waals surface area (Å²) in [6.07, 6.45) is 0. The predicted octanol–water partition coefficient (Wildman–Crippen LogP) is 1.35. The third-order valence-electron chi connectivity index (χ3n) is 1.28. The van der Waals surface area contributed by atoms with Gasteiger partial charge in [0, 0.05) is 13.2 Å². The Balaban J connectivity index is 0. The third-order valence-corrected chi connectivity index (χ3v) is 1.51. The van der Waals surface area contributed by atoms with E-state index < -0.39 is 5.79 Å². The zero-order valence-electron chi connectivity index (χ0n) is 7.70. The first kappa shape index (κ1) is 16.4. The summed E-state index contributed by atoms with van der Waals surface area (Å²) < 4.78 is 25.3. The Hall–Kier alpha value is 0.980. The molecule has 0 spiro atoms. The van der Waals surface area contributed by atoms with Crippen LogP contribution in [-0.2, 0) is 18.6 Å². The van der Waals surface area contributed by atoms with Gasteiger partial charge in [0.05, 0.1) is 0 Å². The molecule has 0 bridgehead atoms. The van der Waals surface area contributed by atoms with Gasteiger partial charge in [0.1, 0.15) is 6.61 Å². The summed E-state index contributed by atoms with van der Waals surface area (Å²) in [5, 5.41) is 0. The summed E-state index contributed by atoms with van der Waals surface area (Å²) in [6.45, 7) is 6.73. The number of ether oxygens (including phenoxy) is 2. The SMILES string of the molecule is CCOC(C)(COP=O)OCC.[NaH]. The van der Waals surface area contributed by atoms with Crippen molar-refractivity contribution in [3.05, 3.63) is 0 Å². The first-order valence-electron chi connectivity index (χ1n) is 3.91. The van der Waals surface area contributed by atoms with E-state index in [1.807, 2.05) is 13.8 Å². The minimum absolute atomic E-state index is 0.